The Morgan fingerprint density at radius 2 is 1.69 bits per heavy atom. The SMILES string of the molecule is CCOc1ccc(-c2csc(NC(=O)C(C)Sc3ccc(NC(=O)/C(=C/c4c(F)cccc4Cl)NC(=O)c4ccccc4)cc3)n2)cc1. The van der Waals surface area contributed by atoms with E-state index >= 15 is 0 Å². The standard InChI is InChI=1S/C36H30ClFN4O4S2/c1-3-46-26-16-12-23(13-17-26)32-21-47-36(41-32)42-33(43)22(2)48-27-18-14-25(15-19-27)39-35(45)31(20-28-29(37)10-7-11-30(28)38)40-34(44)24-8-5-4-6-9-24/h4-22H,3H2,1-2H3,(H,39,45)(H,40,44)(H,41,42,43)/b31-20-. The highest BCUT2D eigenvalue weighted by Crippen LogP contribution is 2.29. The number of amides is 3. The largest absolute Gasteiger partial charge is 0.494 e. The van der Waals surface area contributed by atoms with E-state index in [9.17, 15) is 18.8 Å². The predicted octanol–water partition coefficient (Wildman–Crippen LogP) is 8.53. The molecule has 1 atom stereocenters. The molecule has 3 N–H and O–H groups in total. The summed E-state index contributed by atoms with van der Waals surface area (Å²) in [5, 5.41) is 10.2. The second-order valence-electron chi connectivity index (χ2n) is 10.2. The van der Waals surface area contributed by atoms with Crippen molar-refractivity contribution in [2.24, 2.45) is 0 Å². The van der Waals surface area contributed by atoms with Gasteiger partial charge in [0.25, 0.3) is 11.8 Å². The quantitative estimate of drug-likeness (QED) is 0.0889. The zero-order chi connectivity index (χ0) is 34.0. The van der Waals surface area contributed by atoms with Crippen molar-refractivity contribution >= 4 is 69.3 Å². The van der Waals surface area contributed by atoms with Crippen LogP contribution in [0.25, 0.3) is 17.3 Å². The molecule has 0 fully saturated rings. The summed E-state index contributed by atoms with van der Waals surface area (Å²) < 4.78 is 20.1. The number of thioether (sulfide) groups is 1. The van der Waals surface area contributed by atoms with Gasteiger partial charge in [-0.25, -0.2) is 9.37 Å². The van der Waals surface area contributed by atoms with Crippen LogP contribution in [0.3, 0.4) is 0 Å². The van der Waals surface area contributed by atoms with Gasteiger partial charge in [-0.1, -0.05) is 35.9 Å². The summed E-state index contributed by atoms with van der Waals surface area (Å²) in [6.45, 7) is 4.31. The van der Waals surface area contributed by atoms with Crippen LogP contribution in [-0.2, 0) is 9.59 Å². The molecule has 1 aromatic heterocycles. The number of aromatic nitrogens is 1. The lowest BCUT2D eigenvalue weighted by Gasteiger charge is -2.13. The molecule has 1 unspecified atom stereocenters. The van der Waals surface area contributed by atoms with Gasteiger partial charge >= 0.3 is 0 Å². The topological polar surface area (TPSA) is 109 Å². The number of thiazole rings is 1. The number of rotatable bonds is 12. The fourth-order valence-electron chi connectivity index (χ4n) is 4.37. The summed E-state index contributed by atoms with van der Waals surface area (Å²) in [4.78, 5) is 44.5. The van der Waals surface area contributed by atoms with Crippen LogP contribution >= 0.6 is 34.7 Å². The minimum atomic E-state index is -0.681. The van der Waals surface area contributed by atoms with Gasteiger partial charge in [0.05, 0.1) is 22.6 Å². The molecule has 244 valence electrons. The van der Waals surface area contributed by atoms with Crippen LogP contribution in [-0.4, -0.2) is 34.6 Å². The molecule has 8 nitrogen and oxygen atoms in total. The number of ether oxygens (including phenoxy) is 1. The van der Waals surface area contributed by atoms with Gasteiger partial charge in [0.15, 0.2) is 5.13 Å². The maximum absolute atomic E-state index is 14.6. The van der Waals surface area contributed by atoms with E-state index in [1.165, 1.54) is 47.4 Å². The number of benzene rings is 4. The summed E-state index contributed by atoms with van der Waals surface area (Å²) in [5.41, 5.74) is 2.17. The molecule has 1 heterocycles. The summed E-state index contributed by atoms with van der Waals surface area (Å²) in [5.74, 6) is -1.30. The van der Waals surface area contributed by atoms with Gasteiger partial charge in [-0.15, -0.1) is 23.1 Å². The molecule has 4 aromatic carbocycles. The van der Waals surface area contributed by atoms with E-state index in [0.29, 0.717) is 23.0 Å². The molecular weight excluding hydrogens is 671 g/mol. The highest BCUT2D eigenvalue weighted by molar-refractivity contribution is 8.00. The second kappa shape index (κ2) is 16.2. The van der Waals surface area contributed by atoms with Gasteiger partial charge in [-0.05, 0) is 92.7 Å². The third-order valence-corrected chi connectivity index (χ3v) is 9.01. The minimum absolute atomic E-state index is 0.0400. The van der Waals surface area contributed by atoms with E-state index < -0.39 is 22.9 Å². The number of hydrogen-bond acceptors (Lipinski definition) is 7. The minimum Gasteiger partial charge on any atom is -0.494 e. The fraction of sp³-hybridized carbons (Fsp3) is 0.111. The molecule has 0 saturated carbocycles. The van der Waals surface area contributed by atoms with E-state index in [0.717, 1.165) is 21.9 Å². The van der Waals surface area contributed by atoms with Crippen molar-refractivity contribution in [1.82, 2.24) is 10.3 Å². The summed E-state index contributed by atoms with van der Waals surface area (Å²) in [6, 6.07) is 26.9. The smallest absolute Gasteiger partial charge is 0.272 e. The predicted molar refractivity (Wildman–Crippen MR) is 191 cm³/mol. The van der Waals surface area contributed by atoms with E-state index in [4.69, 9.17) is 16.3 Å². The third kappa shape index (κ3) is 9.09. The molecule has 5 aromatic rings. The van der Waals surface area contributed by atoms with Gasteiger partial charge in [0.1, 0.15) is 17.3 Å². The normalized spacial score (nSPS) is 11.8. The van der Waals surface area contributed by atoms with Crippen LogP contribution in [0.15, 0.2) is 113 Å². The van der Waals surface area contributed by atoms with Crippen LogP contribution in [0.1, 0.15) is 29.8 Å². The molecule has 0 spiro atoms. The lowest BCUT2D eigenvalue weighted by Crippen LogP contribution is -2.30. The molecule has 48 heavy (non-hydrogen) atoms. The van der Waals surface area contributed by atoms with Gasteiger partial charge < -0.3 is 20.7 Å². The summed E-state index contributed by atoms with van der Waals surface area (Å²) in [6.07, 6.45) is 1.20. The zero-order valence-corrected chi connectivity index (χ0v) is 28.2. The van der Waals surface area contributed by atoms with Crippen molar-refractivity contribution in [1.29, 1.82) is 0 Å². The van der Waals surface area contributed by atoms with E-state index in [1.807, 2.05) is 36.6 Å². The highest BCUT2D eigenvalue weighted by atomic mass is 35.5. The molecule has 0 aliphatic rings. The first-order valence-electron chi connectivity index (χ1n) is 14.8. The first-order chi connectivity index (χ1) is 23.2. The monoisotopic (exact) mass is 700 g/mol. The first-order valence-corrected chi connectivity index (χ1v) is 16.9. The highest BCUT2D eigenvalue weighted by Gasteiger charge is 2.19. The van der Waals surface area contributed by atoms with Crippen molar-refractivity contribution in [3.05, 3.63) is 130 Å². The van der Waals surface area contributed by atoms with Crippen LogP contribution in [0, 0.1) is 5.82 Å². The molecule has 5 rings (SSSR count). The molecular formula is C36H30ClFN4O4S2. The molecule has 0 bridgehead atoms. The number of halogens is 2. The maximum atomic E-state index is 14.6. The van der Waals surface area contributed by atoms with Crippen LogP contribution < -0.4 is 20.7 Å². The Balaban J connectivity index is 1.21. The number of nitrogens with zero attached hydrogens (tertiary/aromatic N) is 1. The van der Waals surface area contributed by atoms with Crippen LogP contribution in [0.2, 0.25) is 5.02 Å². The Kier molecular flexibility index (Phi) is 11.6. The second-order valence-corrected chi connectivity index (χ2v) is 12.9. The Bertz CT molecular complexity index is 1910. The van der Waals surface area contributed by atoms with Gasteiger partial charge in [-0.2, -0.15) is 0 Å². The number of hydrogen-bond donors (Lipinski definition) is 3. The lowest BCUT2D eigenvalue weighted by atomic mass is 10.1. The van der Waals surface area contributed by atoms with Crippen molar-refractivity contribution in [3.8, 4) is 17.0 Å². The Hall–Kier alpha value is -4.97. The van der Waals surface area contributed by atoms with Gasteiger partial charge in [0.2, 0.25) is 5.91 Å². The van der Waals surface area contributed by atoms with E-state index in [2.05, 4.69) is 20.9 Å². The van der Waals surface area contributed by atoms with E-state index in [1.54, 1.807) is 61.5 Å². The Labute approximate surface area is 290 Å². The zero-order valence-electron chi connectivity index (χ0n) is 25.8. The lowest BCUT2D eigenvalue weighted by molar-refractivity contribution is -0.115. The number of carbonyl (C=O) groups is 3. The summed E-state index contributed by atoms with van der Waals surface area (Å²) in [7, 11) is 0. The molecule has 0 aliphatic carbocycles. The average molecular weight is 701 g/mol. The number of anilines is 2. The molecule has 12 heteroatoms. The molecule has 0 saturated heterocycles. The number of carbonyl (C=O) groups excluding carboxylic acids is 3. The van der Waals surface area contributed by atoms with Gasteiger partial charge in [0, 0.05) is 32.7 Å². The molecule has 3 amide bonds. The van der Waals surface area contributed by atoms with Crippen LogP contribution in [0.5, 0.6) is 5.75 Å². The molecule has 0 radical (unpaired) electrons. The van der Waals surface area contributed by atoms with Crippen molar-refractivity contribution < 1.29 is 23.5 Å². The third-order valence-electron chi connectivity index (χ3n) is 6.81. The Morgan fingerprint density at radius 3 is 2.38 bits per heavy atom. The van der Waals surface area contributed by atoms with E-state index in [-0.39, 0.29) is 22.2 Å². The maximum Gasteiger partial charge on any atom is 0.272 e. The van der Waals surface area contributed by atoms with Crippen molar-refractivity contribution in [2.75, 3.05) is 17.2 Å². The van der Waals surface area contributed by atoms with Crippen molar-refractivity contribution in [3.63, 3.8) is 0 Å². The molecule has 0 aliphatic heterocycles. The van der Waals surface area contributed by atoms with Gasteiger partial charge in [-0.3, -0.25) is 14.4 Å². The number of nitrogens with one attached hydrogen (secondary N) is 3. The van der Waals surface area contributed by atoms with Crippen LogP contribution in [0.4, 0.5) is 15.2 Å². The Morgan fingerprint density at radius 1 is 0.958 bits per heavy atom. The van der Waals surface area contributed by atoms with Crippen molar-refractivity contribution in [2.45, 2.75) is 24.0 Å². The average Bonchev–Trinajstić information content (AvgIpc) is 3.56. The first kappa shape index (κ1) is 34.4. The summed E-state index contributed by atoms with van der Waals surface area (Å²) >= 11 is 8.87. The fourth-order valence-corrected chi connectivity index (χ4v) is 6.18.